The Kier molecular flexibility index (Phi) is 5.91. The van der Waals surface area contributed by atoms with Gasteiger partial charge in [0.25, 0.3) is 0 Å². The third-order valence-electron chi connectivity index (χ3n) is 9.16. The lowest BCUT2D eigenvalue weighted by Gasteiger charge is -2.22. The fraction of sp³-hybridized carbons (Fsp3) is 0. The van der Waals surface area contributed by atoms with E-state index in [0.29, 0.717) is 0 Å². The Morgan fingerprint density at radius 2 is 0.341 bits per heavy atom. The van der Waals surface area contributed by atoms with Gasteiger partial charge in [0.1, 0.15) is 0 Å². The Morgan fingerprint density at radius 3 is 0.523 bits per heavy atom. The molecular formula is C42H24Br2. The topological polar surface area (TPSA) is 0 Å². The van der Waals surface area contributed by atoms with Crippen molar-refractivity contribution in [2.24, 2.45) is 0 Å². The minimum Gasteiger partial charge on any atom is -0.0616 e. The molecule has 0 saturated carbocycles. The first-order valence-corrected chi connectivity index (χ1v) is 16.4. The summed E-state index contributed by atoms with van der Waals surface area (Å²) in [5, 5.41) is 14.9. The standard InChI is InChI=1S/C42H24Br2/c43-41-33-21-9-5-17-29(33)39(30-18-6-10-22-34(30)41)37-25-13-1-2-14-26(25)38(28-16-4-3-15-27(28)37)40-31-19-7-11-23-35(31)42(44)36-24-12-8-20-32(36)40/h1-24H. The van der Waals surface area contributed by atoms with Crippen molar-refractivity contribution in [2.75, 3.05) is 0 Å². The molecule has 0 bridgehead atoms. The molecule has 0 aromatic heterocycles. The molecule has 0 radical (unpaired) electrons. The van der Waals surface area contributed by atoms with Crippen LogP contribution in [0.25, 0.3) is 86.9 Å². The van der Waals surface area contributed by atoms with Crippen molar-refractivity contribution in [3.8, 4) is 22.3 Å². The Bertz CT molecular complexity index is 2280. The largest absolute Gasteiger partial charge is 0.0616 e. The van der Waals surface area contributed by atoms with Crippen molar-refractivity contribution in [3.05, 3.63) is 155 Å². The smallest absolute Gasteiger partial charge is 0.0332 e. The first kappa shape index (κ1) is 25.9. The van der Waals surface area contributed by atoms with E-state index in [1.54, 1.807) is 0 Å². The van der Waals surface area contributed by atoms with Crippen LogP contribution in [0.2, 0.25) is 0 Å². The molecule has 0 unspecified atom stereocenters. The van der Waals surface area contributed by atoms with Gasteiger partial charge in [-0.2, -0.15) is 0 Å². The van der Waals surface area contributed by atoms with Gasteiger partial charge >= 0.3 is 0 Å². The molecule has 9 aromatic rings. The lowest BCUT2D eigenvalue weighted by molar-refractivity contribution is 1.69. The molecule has 0 aliphatic heterocycles. The average Bonchev–Trinajstić information content (AvgIpc) is 3.09. The average molecular weight is 688 g/mol. The molecule has 9 rings (SSSR count). The molecule has 0 heterocycles. The molecule has 206 valence electrons. The van der Waals surface area contributed by atoms with Crippen LogP contribution in [0.5, 0.6) is 0 Å². The first-order valence-electron chi connectivity index (χ1n) is 14.8. The van der Waals surface area contributed by atoms with E-state index in [2.05, 4.69) is 177 Å². The molecular weight excluding hydrogens is 664 g/mol. The van der Waals surface area contributed by atoms with Gasteiger partial charge in [0.15, 0.2) is 0 Å². The molecule has 0 aliphatic rings. The molecule has 0 saturated heterocycles. The molecule has 0 amide bonds. The summed E-state index contributed by atoms with van der Waals surface area (Å²) < 4.78 is 2.29. The lowest BCUT2D eigenvalue weighted by atomic mass is 9.81. The van der Waals surface area contributed by atoms with Crippen LogP contribution in [0.1, 0.15) is 0 Å². The van der Waals surface area contributed by atoms with Gasteiger partial charge in [0.05, 0.1) is 0 Å². The quantitative estimate of drug-likeness (QED) is 0.159. The molecule has 0 N–H and O–H groups in total. The van der Waals surface area contributed by atoms with Crippen LogP contribution in [0, 0.1) is 0 Å². The summed E-state index contributed by atoms with van der Waals surface area (Å²) in [7, 11) is 0. The molecule has 0 fully saturated rings. The van der Waals surface area contributed by atoms with Crippen molar-refractivity contribution in [2.45, 2.75) is 0 Å². The van der Waals surface area contributed by atoms with Crippen LogP contribution in [-0.4, -0.2) is 0 Å². The predicted molar refractivity (Wildman–Crippen MR) is 198 cm³/mol. The first-order chi connectivity index (χ1) is 21.7. The summed E-state index contributed by atoms with van der Waals surface area (Å²) in [6.07, 6.45) is 0. The summed E-state index contributed by atoms with van der Waals surface area (Å²) in [4.78, 5) is 0. The number of hydrogen-bond acceptors (Lipinski definition) is 0. The summed E-state index contributed by atoms with van der Waals surface area (Å²) in [5.41, 5.74) is 5.13. The van der Waals surface area contributed by atoms with Gasteiger partial charge in [0.2, 0.25) is 0 Å². The third kappa shape index (κ3) is 3.62. The normalized spacial score (nSPS) is 11.9. The molecule has 2 heteroatoms. The molecule has 0 aliphatic carbocycles. The van der Waals surface area contributed by atoms with Crippen molar-refractivity contribution in [1.82, 2.24) is 0 Å². The summed E-state index contributed by atoms with van der Waals surface area (Å²) in [5.74, 6) is 0. The maximum absolute atomic E-state index is 3.98. The highest BCUT2D eigenvalue weighted by Crippen LogP contribution is 2.51. The zero-order valence-electron chi connectivity index (χ0n) is 23.6. The zero-order chi connectivity index (χ0) is 29.4. The summed E-state index contributed by atoms with van der Waals surface area (Å²) >= 11 is 7.96. The maximum Gasteiger partial charge on any atom is 0.0332 e. The van der Waals surface area contributed by atoms with Crippen molar-refractivity contribution >= 4 is 96.5 Å². The highest BCUT2D eigenvalue weighted by atomic mass is 79.9. The summed E-state index contributed by atoms with van der Waals surface area (Å²) in [6.45, 7) is 0. The monoisotopic (exact) mass is 686 g/mol. The van der Waals surface area contributed by atoms with E-state index < -0.39 is 0 Å². The third-order valence-corrected chi connectivity index (χ3v) is 10.9. The Labute approximate surface area is 271 Å². The Morgan fingerprint density at radius 1 is 0.205 bits per heavy atom. The second-order valence-electron chi connectivity index (χ2n) is 11.4. The van der Waals surface area contributed by atoms with Crippen LogP contribution in [-0.2, 0) is 0 Å². The molecule has 0 spiro atoms. The van der Waals surface area contributed by atoms with Crippen molar-refractivity contribution in [1.29, 1.82) is 0 Å². The van der Waals surface area contributed by atoms with E-state index in [4.69, 9.17) is 0 Å². The zero-order valence-corrected chi connectivity index (χ0v) is 26.8. The van der Waals surface area contributed by atoms with E-state index in [9.17, 15) is 0 Å². The van der Waals surface area contributed by atoms with Crippen LogP contribution in [0.15, 0.2) is 155 Å². The van der Waals surface area contributed by atoms with Crippen molar-refractivity contribution < 1.29 is 0 Å². The van der Waals surface area contributed by atoms with Crippen LogP contribution >= 0.6 is 31.9 Å². The van der Waals surface area contributed by atoms with E-state index in [1.165, 1.54) is 86.9 Å². The van der Waals surface area contributed by atoms with Gasteiger partial charge in [-0.05, 0) is 119 Å². The molecule has 9 aromatic carbocycles. The fourth-order valence-corrected chi connectivity index (χ4v) is 8.74. The Balaban J connectivity index is 1.56. The fourth-order valence-electron chi connectivity index (χ4n) is 7.36. The summed E-state index contributed by atoms with van der Waals surface area (Å²) in [6, 6.07) is 53.2. The second kappa shape index (κ2) is 10.0. The predicted octanol–water partition coefficient (Wildman–Crippen LogP) is 13.5. The SMILES string of the molecule is Brc1c2ccccc2c(-c2c3ccccc3c(-c3c4ccccc4c(Br)c4ccccc34)c3ccccc23)c2ccccc12. The number of hydrogen-bond donors (Lipinski definition) is 0. The van der Waals surface area contributed by atoms with Gasteiger partial charge in [0, 0.05) is 8.95 Å². The van der Waals surface area contributed by atoms with Gasteiger partial charge in [-0.3, -0.25) is 0 Å². The lowest BCUT2D eigenvalue weighted by Crippen LogP contribution is -1.95. The number of benzene rings is 9. The van der Waals surface area contributed by atoms with Crippen molar-refractivity contribution in [3.63, 3.8) is 0 Å². The van der Waals surface area contributed by atoms with Gasteiger partial charge < -0.3 is 0 Å². The number of fused-ring (bicyclic) bond motifs is 6. The Hall–Kier alpha value is -4.50. The minimum atomic E-state index is 1.14. The van der Waals surface area contributed by atoms with Crippen LogP contribution < -0.4 is 0 Å². The molecule has 0 atom stereocenters. The van der Waals surface area contributed by atoms with Gasteiger partial charge in [-0.1, -0.05) is 146 Å². The van der Waals surface area contributed by atoms with E-state index in [0.717, 1.165) is 8.95 Å². The van der Waals surface area contributed by atoms with E-state index in [1.807, 2.05) is 0 Å². The van der Waals surface area contributed by atoms with Gasteiger partial charge in [-0.15, -0.1) is 0 Å². The van der Waals surface area contributed by atoms with Gasteiger partial charge in [-0.25, -0.2) is 0 Å². The molecule has 0 nitrogen and oxygen atoms in total. The highest BCUT2D eigenvalue weighted by Gasteiger charge is 2.23. The minimum absolute atomic E-state index is 1.14. The second-order valence-corrected chi connectivity index (χ2v) is 13.0. The molecule has 44 heavy (non-hydrogen) atoms. The maximum atomic E-state index is 3.98. The highest BCUT2D eigenvalue weighted by molar-refractivity contribution is 9.11. The van der Waals surface area contributed by atoms with Crippen LogP contribution in [0.3, 0.4) is 0 Å². The van der Waals surface area contributed by atoms with Crippen LogP contribution in [0.4, 0.5) is 0 Å². The van der Waals surface area contributed by atoms with E-state index >= 15 is 0 Å². The number of halogens is 2. The number of rotatable bonds is 2. The van der Waals surface area contributed by atoms with E-state index in [-0.39, 0.29) is 0 Å².